The van der Waals surface area contributed by atoms with Gasteiger partial charge >= 0.3 is 0 Å². The average molecular weight is 255 g/mol. The maximum atomic E-state index is 11.5. The van der Waals surface area contributed by atoms with Crippen molar-refractivity contribution >= 4 is 9.84 Å². The van der Waals surface area contributed by atoms with E-state index in [1.54, 1.807) is 0 Å². The first kappa shape index (κ1) is 11.2. The summed E-state index contributed by atoms with van der Waals surface area (Å²) in [6, 6.07) is 0. The highest BCUT2D eigenvalue weighted by atomic mass is 32.2. The number of fused-ring (bicyclic) bond motifs is 1. The van der Waals surface area contributed by atoms with Crippen LogP contribution in [0.1, 0.15) is 37.3 Å². The molecular formula is C11H17N3O2S. The van der Waals surface area contributed by atoms with Crippen LogP contribution >= 0.6 is 0 Å². The van der Waals surface area contributed by atoms with E-state index in [1.807, 2.05) is 0 Å². The molecular weight excluding hydrogens is 238 g/mol. The van der Waals surface area contributed by atoms with Gasteiger partial charge in [0.1, 0.15) is 11.6 Å². The average Bonchev–Trinajstić information content (AvgIpc) is 2.80. The molecule has 1 aromatic rings. The number of sulfone groups is 1. The van der Waals surface area contributed by atoms with Gasteiger partial charge in [-0.1, -0.05) is 6.92 Å². The molecule has 0 radical (unpaired) electrons. The van der Waals surface area contributed by atoms with Crippen molar-refractivity contribution in [2.24, 2.45) is 5.92 Å². The van der Waals surface area contributed by atoms with E-state index in [0.29, 0.717) is 18.1 Å². The third kappa shape index (κ3) is 1.99. The number of rotatable bonds is 1. The SMILES string of the molecule is CC1CCn2c(nnc2C2CCS(=O)(=O)C2)C1. The zero-order valence-electron chi connectivity index (χ0n) is 9.96. The molecule has 0 aliphatic carbocycles. The van der Waals surface area contributed by atoms with Gasteiger partial charge < -0.3 is 4.57 Å². The van der Waals surface area contributed by atoms with Gasteiger partial charge in [-0.3, -0.25) is 0 Å². The van der Waals surface area contributed by atoms with Crippen LogP contribution in [-0.2, 0) is 22.8 Å². The Morgan fingerprint density at radius 3 is 2.82 bits per heavy atom. The van der Waals surface area contributed by atoms with Crippen molar-refractivity contribution in [2.75, 3.05) is 11.5 Å². The molecule has 0 aromatic carbocycles. The minimum atomic E-state index is -2.84. The van der Waals surface area contributed by atoms with Gasteiger partial charge in [-0.15, -0.1) is 10.2 Å². The maximum Gasteiger partial charge on any atom is 0.151 e. The van der Waals surface area contributed by atoms with Crippen molar-refractivity contribution in [2.45, 2.75) is 38.6 Å². The Bertz CT molecular complexity index is 535. The van der Waals surface area contributed by atoms with Gasteiger partial charge in [0.05, 0.1) is 11.5 Å². The zero-order valence-corrected chi connectivity index (χ0v) is 10.8. The Morgan fingerprint density at radius 1 is 1.29 bits per heavy atom. The topological polar surface area (TPSA) is 64.8 Å². The first-order valence-corrected chi connectivity index (χ1v) is 8.00. The predicted molar refractivity (Wildman–Crippen MR) is 63.5 cm³/mol. The lowest BCUT2D eigenvalue weighted by atomic mass is 9.99. The van der Waals surface area contributed by atoms with Gasteiger partial charge in [-0.25, -0.2) is 8.42 Å². The van der Waals surface area contributed by atoms with Crippen molar-refractivity contribution < 1.29 is 8.42 Å². The Kier molecular flexibility index (Phi) is 2.50. The van der Waals surface area contributed by atoms with Crippen LogP contribution in [-0.4, -0.2) is 34.7 Å². The van der Waals surface area contributed by atoms with E-state index in [0.717, 1.165) is 31.0 Å². The van der Waals surface area contributed by atoms with Crippen LogP contribution in [0.5, 0.6) is 0 Å². The molecule has 0 N–H and O–H groups in total. The van der Waals surface area contributed by atoms with E-state index in [9.17, 15) is 8.42 Å². The number of nitrogens with zero attached hydrogens (tertiary/aromatic N) is 3. The highest BCUT2D eigenvalue weighted by Gasteiger charge is 2.33. The second-order valence-corrected chi connectivity index (χ2v) is 7.55. The Hall–Kier alpha value is -0.910. The molecule has 17 heavy (non-hydrogen) atoms. The Morgan fingerprint density at radius 2 is 2.12 bits per heavy atom. The second-order valence-electron chi connectivity index (χ2n) is 5.32. The molecule has 2 unspecified atom stereocenters. The predicted octanol–water partition coefficient (Wildman–Crippen LogP) is 0.762. The summed E-state index contributed by atoms with van der Waals surface area (Å²) in [7, 11) is -2.84. The molecule has 0 bridgehead atoms. The third-order valence-electron chi connectivity index (χ3n) is 3.83. The molecule has 0 spiro atoms. The smallest absolute Gasteiger partial charge is 0.151 e. The van der Waals surface area contributed by atoms with E-state index < -0.39 is 9.84 Å². The fraction of sp³-hybridized carbons (Fsp3) is 0.818. The van der Waals surface area contributed by atoms with Crippen molar-refractivity contribution in [1.29, 1.82) is 0 Å². The lowest BCUT2D eigenvalue weighted by molar-refractivity contribution is 0.398. The van der Waals surface area contributed by atoms with Gasteiger partial charge in [-0.05, 0) is 18.8 Å². The van der Waals surface area contributed by atoms with Gasteiger partial charge in [0.2, 0.25) is 0 Å². The van der Waals surface area contributed by atoms with Crippen molar-refractivity contribution in [1.82, 2.24) is 14.8 Å². The van der Waals surface area contributed by atoms with Crippen molar-refractivity contribution in [3.8, 4) is 0 Å². The monoisotopic (exact) mass is 255 g/mol. The molecule has 0 amide bonds. The molecule has 2 aliphatic heterocycles. The fourth-order valence-corrected chi connectivity index (χ4v) is 4.55. The molecule has 5 nitrogen and oxygen atoms in total. The standard InChI is InChI=1S/C11H17N3O2S/c1-8-2-4-14-10(6-8)12-13-11(14)9-3-5-17(15,16)7-9/h8-9H,2-7H2,1H3. The Labute approximate surface area is 101 Å². The van der Waals surface area contributed by atoms with E-state index in [1.165, 1.54) is 0 Å². The molecule has 2 atom stereocenters. The van der Waals surface area contributed by atoms with Crippen molar-refractivity contribution in [3.63, 3.8) is 0 Å². The van der Waals surface area contributed by atoms with E-state index >= 15 is 0 Å². The van der Waals surface area contributed by atoms with Crippen LogP contribution in [0, 0.1) is 5.92 Å². The highest BCUT2D eigenvalue weighted by Crippen LogP contribution is 2.30. The van der Waals surface area contributed by atoms with Crippen LogP contribution in [0.15, 0.2) is 0 Å². The molecule has 3 heterocycles. The minimum absolute atomic E-state index is 0.0645. The number of aromatic nitrogens is 3. The van der Waals surface area contributed by atoms with Crippen molar-refractivity contribution in [3.05, 3.63) is 11.6 Å². The van der Waals surface area contributed by atoms with Gasteiger partial charge in [0.25, 0.3) is 0 Å². The maximum absolute atomic E-state index is 11.5. The highest BCUT2D eigenvalue weighted by molar-refractivity contribution is 7.91. The summed E-state index contributed by atoms with van der Waals surface area (Å²) in [6.45, 7) is 3.16. The van der Waals surface area contributed by atoms with E-state index in [2.05, 4.69) is 21.7 Å². The summed E-state index contributed by atoms with van der Waals surface area (Å²) in [5, 5.41) is 8.45. The summed E-state index contributed by atoms with van der Waals surface area (Å²) in [6.07, 6.45) is 2.81. The summed E-state index contributed by atoms with van der Waals surface area (Å²) >= 11 is 0. The Balaban J connectivity index is 1.90. The second kappa shape index (κ2) is 3.80. The number of hydrogen-bond acceptors (Lipinski definition) is 4. The van der Waals surface area contributed by atoms with Crippen LogP contribution in [0.3, 0.4) is 0 Å². The molecule has 6 heteroatoms. The normalized spacial score (nSPS) is 31.4. The van der Waals surface area contributed by atoms with E-state index in [-0.39, 0.29) is 11.7 Å². The molecule has 2 aliphatic rings. The quantitative estimate of drug-likeness (QED) is 0.743. The van der Waals surface area contributed by atoms with Gasteiger partial charge in [0, 0.05) is 18.9 Å². The molecule has 0 saturated carbocycles. The molecule has 1 saturated heterocycles. The zero-order chi connectivity index (χ0) is 12.0. The van der Waals surface area contributed by atoms with Crippen LogP contribution in [0.4, 0.5) is 0 Å². The minimum Gasteiger partial charge on any atom is -0.315 e. The summed E-state index contributed by atoms with van der Waals surface area (Å²) in [5.41, 5.74) is 0. The van der Waals surface area contributed by atoms with E-state index in [4.69, 9.17) is 0 Å². The summed E-state index contributed by atoms with van der Waals surface area (Å²) in [4.78, 5) is 0. The molecule has 3 rings (SSSR count). The first-order chi connectivity index (χ1) is 8.05. The molecule has 1 fully saturated rings. The van der Waals surface area contributed by atoms with Gasteiger partial charge in [0.15, 0.2) is 9.84 Å². The number of hydrogen-bond donors (Lipinski definition) is 0. The van der Waals surface area contributed by atoms with Crippen LogP contribution in [0.25, 0.3) is 0 Å². The summed E-state index contributed by atoms with van der Waals surface area (Å²) < 4.78 is 25.1. The van der Waals surface area contributed by atoms with Crippen LogP contribution in [0.2, 0.25) is 0 Å². The first-order valence-electron chi connectivity index (χ1n) is 6.17. The van der Waals surface area contributed by atoms with Crippen LogP contribution < -0.4 is 0 Å². The molecule has 1 aromatic heterocycles. The molecule has 94 valence electrons. The summed E-state index contributed by atoms with van der Waals surface area (Å²) in [5.74, 6) is 3.20. The third-order valence-corrected chi connectivity index (χ3v) is 5.60. The van der Waals surface area contributed by atoms with Gasteiger partial charge in [-0.2, -0.15) is 0 Å². The lowest BCUT2D eigenvalue weighted by Crippen LogP contribution is -2.20. The fourth-order valence-electron chi connectivity index (χ4n) is 2.81. The largest absolute Gasteiger partial charge is 0.315 e. The lowest BCUT2D eigenvalue weighted by Gasteiger charge is -2.21.